The molecule has 3 heteroatoms. The van der Waals surface area contributed by atoms with Gasteiger partial charge < -0.3 is 5.11 Å². The van der Waals surface area contributed by atoms with Crippen LogP contribution in [-0.4, -0.2) is 29.1 Å². The second kappa shape index (κ2) is 6.28. The number of hydrogen-bond acceptors (Lipinski definition) is 2. The molecule has 0 amide bonds. The van der Waals surface area contributed by atoms with Crippen LogP contribution in [0.3, 0.4) is 0 Å². The smallest absolute Gasteiger partial charge is 0.317 e. The largest absolute Gasteiger partial charge is 0.480 e. The van der Waals surface area contributed by atoms with Crippen molar-refractivity contribution in [2.24, 2.45) is 0 Å². The number of carboxylic acids is 1. The molecule has 1 aromatic rings. The molecule has 1 unspecified atom stereocenters. The molecule has 88 valence electrons. The molecule has 0 bridgehead atoms. The minimum atomic E-state index is -0.767. The summed E-state index contributed by atoms with van der Waals surface area (Å²) in [6.07, 6.45) is 0.963. The average molecular weight is 221 g/mol. The fourth-order valence-corrected chi connectivity index (χ4v) is 1.81. The van der Waals surface area contributed by atoms with Crippen LogP contribution in [0.4, 0.5) is 0 Å². The zero-order valence-corrected chi connectivity index (χ0v) is 9.89. The number of rotatable bonds is 6. The number of benzene rings is 1. The molecule has 0 saturated heterocycles. The van der Waals surface area contributed by atoms with Crippen LogP contribution in [0.5, 0.6) is 0 Å². The molecule has 1 aromatic carbocycles. The maximum atomic E-state index is 10.8. The Kier molecular flexibility index (Phi) is 4.99. The highest BCUT2D eigenvalue weighted by Crippen LogP contribution is 2.19. The Morgan fingerprint density at radius 3 is 2.50 bits per heavy atom. The zero-order chi connectivity index (χ0) is 12.0. The molecule has 0 heterocycles. The Balaban J connectivity index is 2.74. The second-order valence-electron chi connectivity index (χ2n) is 3.95. The van der Waals surface area contributed by atoms with E-state index in [1.807, 2.05) is 42.2 Å². The molecule has 0 saturated carbocycles. The van der Waals surface area contributed by atoms with Crippen molar-refractivity contribution in [2.75, 3.05) is 13.1 Å². The maximum Gasteiger partial charge on any atom is 0.317 e. The lowest BCUT2D eigenvalue weighted by molar-refractivity contribution is -0.138. The third-order valence-corrected chi connectivity index (χ3v) is 2.68. The molecule has 0 aliphatic heterocycles. The number of carboxylic acid groups (broad SMARTS) is 1. The Bertz CT molecular complexity index is 324. The fraction of sp³-hybridized carbons (Fsp3) is 0.462. The summed E-state index contributed by atoms with van der Waals surface area (Å²) < 4.78 is 0. The second-order valence-corrected chi connectivity index (χ2v) is 3.95. The zero-order valence-electron chi connectivity index (χ0n) is 9.89. The number of carbonyl (C=O) groups is 1. The predicted molar refractivity (Wildman–Crippen MR) is 64.4 cm³/mol. The summed E-state index contributed by atoms with van der Waals surface area (Å²) in [5, 5.41) is 8.86. The van der Waals surface area contributed by atoms with Gasteiger partial charge >= 0.3 is 5.97 Å². The van der Waals surface area contributed by atoms with Gasteiger partial charge in [-0.2, -0.15) is 0 Å². The van der Waals surface area contributed by atoms with Crippen LogP contribution < -0.4 is 0 Å². The van der Waals surface area contributed by atoms with E-state index in [0.29, 0.717) is 0 Å². The fourth-order valence-electron chi connectivity index (χ4n) is 1.81. The number of nitrogens with zero attached hydrogens (tertiary/aromatic N) is 1. The third kappa shape index (κ3) is 3.66. The van der Waals surface area contributed by atoms with Crippen LogP contribution in [0.15, 0.2) is 30.3 Å². The van der Waals surface area contributed by atoms with Gasteiger partial charge in [0.05, 0.1) is 6.54 Å². The normalized spacial score (nSPS) is 12.7. The molecule has 0 spiro atoms. The lowest BCUT2D eigenvalue weighted by Gasteiger charge is -2.27. The van der Waals surface area contributed by atoms with Crippen molar-refractivity contribution in [3.8, 4) is 0 Å². The molecule has 0 fully saturated rings. The summed E-state index contributed by atoms with van der Waals surface area (Å²) in [6, 6.07) is 10.2. The highest BCUT2D eigenvalue weighted by Gasteiger charge is 2.17. The SMILES string of the molecule is CCCN(CC(=O)O)C(C)c1ccccc1. The monoisotopic (exact) mass is 221 g/mol. The summed E-state index contributed by atoms with van der Waals surface area (Å²) in [6.45, 7) is 5.02. The van der Waals surface area contributed by atoms with Gasteiger partial charge in [0.25, 0.3) is 0 Å². The van der Waals surface area contributed by atoms with E-state index >= 15 is 0 Å². The third-order valence-electron chi connectivity index (χ3n) is 2.68. The summed E-state index contributed by atoms with van der Waals surface area (Å²) in [5.41, 5.74) is 1.16. The minimum Gasteiger partial charge on any atom is -0.480 e. The van der Waals surface area contributed by atoms with Crippen molar-refractivity contribution in [3.63, 3.8) is 0 Å². The van der Waals surface area contributed by atoms with Gasteiger partial charge in [-0.15, -0.1) is 0 Å². The number of hydrogen-bond donors (Lipinski definition) is 1. The van der Waals surface area contributed by atoms with Crippen LogP contribution in [0.2, 0.25) is 0 Å². The van der Waals surface area contributed by atoms with Gasteiger partial charge in [-0.3, -0.25) is 9.69 Å². The molecular weight excluding hydrogens is 202 g/mol. The van der Waals surface area contributed by atoms with Gasteiger partial charge in [-0.1, -0.05) is 37.3 Å². The summed E-state index contributed by atoms with van der Waals surface area (Å²) >= 11 is 0. The minimum absolute atomic E-state index is 0.101. The quantitative estimate of drug-likeness (QED) is 0.802. The van der Waals surface area contributed by atoms with Crippen LogP contribution in [0, 0.1) is 0 Å². The van der Waals surface area contributed by atoms with Crippen LogP contribution in [0.1, 0.15) is 31.9 Å². The molecule has 0 aromatic heterocycles. The van der Waals surface area contributed by atoms with Crippen LogP contribution >= 0.6 is 0 Å². The van der Waals surface area contributed by atoms with Crippen LogP contribution in [0.25, 0.3) is 0 Å². The molecule has 1 N–H and O–H groups in total. The van der Waals surface area contributed by atoms with E-state index in [0.717, 1.165) is 18.5 Å². The van der Waals surface area contributed by atoms with Gasteiger partial charge in [0, 0.05) is 6.04 Å². The molecule has 0 aliphatic carbocycles. The van der Waals surface area contributed by atoms with E-state index in [9.17, 15) is 4.79 Å². The van der Waals surface area contributed by atoms with Crippen molar-refractivity contribution in [2.45, 2.75) is 26.3 Å². The van der Waals surface area contributed by atoms with Crippen molar-refractivity contribution in [1.82, 2.24) is 4.90 Å². The predicted octanol–water partition coefficient (Wildman–Crippen LogP) is 2.54. The Hall–Kier alpha value is -1.35. The summed E-state index contributed by atoms with van der Waals surface area (Å²) in [7, 11) is 0. The van der Waals surface area contributed by atoms with Gasteiger partial charge in [0.15, 0.2) is 0 Å². The standard InChI is InChI=1S/C13H19NO2/c1-3-9-14(10-13(15)16)11(2)12-7-5-4-6-8-12/h4-8,11H,3,9-10H2,1-2H3,(H,15,16). The maximum absolute atomic E-state index is 10.8. The molecule has 16 heavy (non-hydrogen) atoms. The van der Waals surface area contributed by atoms with E-state index in [2.05, 4.69) is 6.92 Å². The van der Waals surface area contributed by atoms with E-state index in [-0.39, 0.29) is 12.6 Å². The first-order valence-electron chi connectivity index (χ1n) is 5.66. The topological polar surface area (TPSA) is 40.5 Å². The summed E-state index contributed by atoms with van der Waals surface area (Å²) in [5.74, 6) is -0.767. The molecule has 0 radical (unpaired) electrons. The average Bonchev–Trinajstić information content (AvgIpc) is 2.28. The lowest BCUT2D eigenvalue weighted by atomic mass is 10.1. The van der Waals surface area contributed by atoms with Crippen molar-refractivity contribution < 1.29 is 9.90 Å². The summed E-state index contributed by atoms with van der Waals surface area (Å²) in [4.78, 5) is 12.8. The molecule has 3 nitrogen and oxygen atoms in total. The molecule has 1 rings (SSSR count). The van der Waals surface area contributed by atoms with Gasteiger partial charge in [0.2, 0.25) is 0 Å². The highest BCUT2D eigenvalue weighted by atomic mass is 16.4. The first-order valence-corrected chi connectivity index (χ1v) is 5.66. The number of aliphatic carboxylic acids is 1. The van der Waals surface area contributed by atoms with E-state index in [1.165, 1.54) is 0 Å². The first kappa shape index (κ1) is 12.7. The van der Waals surface area contributed by atoms with Crippen molar-refractivity contribution in [1.29, 1.82) is 0 Å². The Morgan fingerprint density at radius 1 is 1.38 bits per heavy atom. The van der Waals surface area contributed by atoms with Gasteiger partial charge in [-0.25, -0.2) is 0 Å². The molecular formula is C13H19NO2. The van der Waals surface area contributed by atoms with E-state index < -0.39 is 5.97 Å². The van der Waals surface area contributed by atoms with E-state index in [4.69, 9.17) is 5.11 Å². The Labute approximate surface area is 96.7 Å². The van der Waals surface area contributed by atoms with E-state index in [1.54, 1.807) is 0 Å². The van der Waals surface area contributed by atoms with Crippen molar-refractivity contribution in [3.05, 3.63) is 35.9 Å². The molecule has 0 aliphatic rings. The molecule has 1 atom stereocenters. The van der Waals surface area contributed by atoms with Crippen molar-refractivity contribution >= 4 is 5.97 Å². The van der Waals surface area contributed by atoms with Gasteiger partial charge in [0.1, 0.15) is 0 Å². The first-order chi connectivity index (χ1) is 7.65. The highest BCUT2D eigenvalue weighted by molar-refractivity contribution is 5.69. The van der Waals surface area contributed by atoms with Crippen LogP contribution in [-0.2, 0) is 4.79 Å². The lowest BCUT2D eigenvalue weighted by Crippen LogP contribution is -2.33. The van der Waals surface area contributed by atoms with Gasteiger partial charge in [-0.05, 0) is 25.5 Å². The Morgan fingerprint density at radius 2 is 2.00 bits per heavy atom.